The largest absolute Gasteiger partial charge is 0.378 e. The van der Waals surface area contributed by atoms with E-state index in [4.69, 9.17) is 4.74 Å². The van der Waals surface area contributed by atoms with Gasteiger partial charge in [-0.3, -0.25) is 14.5 Å². The molecule has 1 N–H and O–H groups in total. The Labute approximate surface area is 182 Å². The Hall–Kier alpha value is -2.97. The lowest BCUT2D eigenvalue weighted by Gasteiger charge is -2.29. The van der Waals surface area contributed by atoms with Crippen LogP contribution in [0.3, 0.4) is 0 Å². The molecule has 166 valence electrons. The molecule has 0 spiro atoms. The van der Waals surface area contributed by atoms with E-state index in [1.54, 1.807) is 37.2 Å². The van der Waals surface area contributed by atoms with E-state index in [1.807, 2.05) is 24.3 Å². The summed E-state index contributed by atoms with van der Waals surface area (Å²) in [7, 11) is 3.33. The third-order valence-electron chi connectivity index (χ3n) is 5.14. The molecule has 2 amide bonds. The van der Waals surface area contributed by atoms with E-state index in [0.717, 1.165) is 18.8 Å². The molecule has 1 aliphatic heterocycles. The minimum absolute atomic E-state index is 0.0579. The number of halogens is 1. The number of rotatable bonds is 8. The number of amides is 2. The van der Waals surface area contributed by atoms with Crippen LogP contribution in [0.15, 0.2) is 48.5 Å². The number of benzene rings is 2. The van der Waals surface area contributed by atoms with Gasteiger partial charge in [0.25, 0.3) is 0 Å². The number of morpholine rings is 1. The molecule has 2 aromatic carbocycles. The predicted octanol–water partition coefficient (Wildman–Crippen LogP) is 2.19. The topological polar surface area (TPSA) is 65.1 Å². The smallest absolute Gasteiger partial charge is 0.243 e. The van der Waals surface area contributed by atoms with Gasteiger partial charge in [0.15, 0.2) is 0 Å². The van der Waals surface area contributed by atoms with Crippen molar-refractivity contribution in [2.24, 2.45) is 0 Å². The van der Waals surface area contributed by atoms with Crippen molar-refractivity contribution >= 4 is 23.2 Å². The zero-order valence-electron chi connectivity index (χ0n) is 18.0. The molecule has 8 heteroatoms. The fourth-order valence-corrected chi connectivity index (χ4v) is 3.41. The number of hydrogen-bond donors (Lipinski definition) is 1. The molecule has 2 aromatic rings. The number of carbonyl (C=O) groups is 2. The highest BCUT2D eigenvalue weighted by Gasteiger charge is 2.16. The van der Waals surface area contributed by atoms with Gasteiger partial charge in [0.1, 0.15) is 5.82 Å². The average molecular weight is 429 g/mol. The van der Waals surface area contributed by atoms with E-state index in [2.05, 4.69) is 10.2 Å². The van der Waals surface area contributed by atoms with Crippen LogP contribution in [0, 0.1) is 5.82 Å². The first-order valence-corrected chi connectivity index (χ1v) is 10.3. The average Bonchev–Trinajstić information content (AvgIpc) is 2.76. The lowest BCUT2D eigenvalue weighted by molar-refractivity contribution is -0.134. The molecule has 1 fully saturated rings. The number of anilines is 2. The molecule has 7 nitrogen and oxygen atoms in total. The number of nitrogens with zero attached hydrogens (tertiary/aromatic N) is 3. The minimum Gasteiger partial charge on any atom is -0.378 e. The van der Waals surface area contributed by atoms with Crippen molar-refractivity contribution in [2.75, 3.05) is 63.7 Å². The summed E-state index contributed by atoms with van der Waals surface area (Å²) in [6.45, 7) is 3.48. The maximum atomic E-state index is 13.8. The molecule has 0 unspecified atom stereocenters. The quantitative estimate of drug-likeness (QED) is 0.698. The lowest BCUT2D eigenvalue weighted by atomic mass is 10.2. The van der Waals surface area contributed by atoms with E-state index >= 15 is 0 Å². The number of carbonyl (C=O) groups excluding carboxylic acids is 2. The highest BCUT2D eigenvalue weighted by Crippen LogP contribution is 2.19. The van der Waals surface area contributed by atoms with Gasteiger partial charge in [0.2, 0.25) is 11.8 Å². The molecule has 0 radical (unpaired) electrons. The van der Waals surface area contributed by atoms with Crippen LogP contribution in [0.4, 0.5) is 15.8 Å². The number of hydrogen-bond acceptors (Lipinski definition) is 5. The van der Waals surface area contributed by atoms with Crippen molar-refractivity contribution < 1.29 is 18.7 Å². The van der Waals surface area contributed by atoms with Gasteiger partial charge < -0.3 is 19.9 Å². The summed E-state index contributed by atoms with van der Waals surface area (Å²) in [5.41, 5.74) is 2.30. The zero-order chi connectivity index (χ0) is 22.2. The molecule has 0 aliphatic carbocycles. The van der Waals surface area contributed by atoms with Crippen LogP contribution in [-0.4, -0.2) is 75.1 Å². The van der Waals surface area contributed by atoms with Gasteiger partial charge in [-0.15, -0.1) is 0 Å². The van der Waals surface area contributed by atoms with Gasteiger partial charge >= 0.3 is 0 Å². The monoisotopic (exact) mass is 428 g/mol. The van der Waals surface area contributed by atoms with Crippen LogP contribution in [0.1, 0.15) is 5.56 Å². The third kappa shape index (κ3) is 6.77. The highest BCUT2D eigenvalue weighted by molar-refractivity contribution is 5.94. The Morgan fingerprint density at radius 1 is 1.03 bits per heavy atom. The van der Waals surface area contributed by atoms with Gasteiger partial charge in [-0.2, -0.15) is 0 Å². The number of ether oxygens (including phenoxy) is 1. The van der Waals surface area contributed by atoms with E-state index in [-0.39, 0.29) is 30.7 Å². The Kier molecular flexibility index (Phi) is 7.97. The minimum atomic E-state index is -0.297. The van der Waals surface area contributed by atoms with Crippen molar-refractivity contribution in [2.45, 2.75) is 6.54 Å². The normalized spacial score (nSPS) is 13.9. The number of likely N-dealkylation sites (N-methyl/N-ethyl adjacent to an activating group) is 2. The molecule has 1 aliphatic rings. The van der Waals surface area contributed by atoms with Crippen LogP contribution in [0.2, 0.25) is 0 Å². The zero-order valence-corrected chi connectivity index (χ0v) is 18.0. The highest BCUT2D eigenvalue weighted by atomic mass is 19.1. The van der Waals surface area contributed by atoms with Gasteiger partial charge in [-0.25, -0.2) is 4.39 Å². The first-order valence-electron chi connectivity index (χ1n) is 10.3. The fourth-order valence-electron chi connectivity index (χ4n) is 3.41. The molecule has 3 rings (SSSR count). The molecule has 1 saturated heterocycles. The second kappa shape index (κ2) is 10.9. The van der Waals surface area contributed by atoms with Gasteiger partial charge in [-0.05, 0) is 37.4 Å². The molecule has 0 saturated carbocycles. The maximum Gasteiger partial charge on any atom is 0.243 e. The van der Waals surface area contributed by atoms with Crippen molar-refractivity contribution in [1.82, 2.24) is 9.80 Å². The summed E-state index contributed by atoms with van der Waals surface area (Å²) in [4.78, 5) is 30.1. The summed E-state index contributed by atoms with van der Waals surface area (Å²) >= 11 is 0. The van der Waals surface area contributed by atoms with E-state index < -0.39 is 0 Å². The van der Waals surface area contributed by atoms with Crippen molar-refractivity contribution in [3.8, 4) is 0 Å². The summed E-state index contributed by atoms with van der Waals surface area (Å²) in [5, 5.41) is 2.82. The second-order valence-corrected chi connectivity index (χ2v) is 7.71. The number of nitrogens with one attached hydrogen (secondary N) is 1. The molecule has 0 bridgehead atoms. The van der Waals surface area contributed by atoms with Crippen molar-refractivity contribution in [3.05, 3.63) is 59.9 Å². The summed E-state index contributed by atoms with van der Waals surface area (Å²) < 4.78 is 19.1. The molecular weight excluding hydrogens is 399 g/mol. The third-order valence-corrected chi connectivity index (χ3v) is 5.14. The molecule has 1 heterocycles. The summed E-state index contributed by atoms with van der Waals surface area (Å²) in [6, 6.07) is 14.1. The second-order valence-electron chi connectivity index (χ2n) is 7.71. The first-order chi connectivity index (χ1) is 14.9. The summed E-state index contributed by atoms with van der Waals surface area (Å²) in [6.07, 6.45) is 0. The van der Waals surface area contributed by atoms with E-state index in [1.165, 1.54) is 11.0 Å². The first kappa shape index (κ1) is 22.7. The van der Waals surface area contributed by atoms with Crippen molar-refractivity contribution in [3.63, 3.8) is 0 Å². The van der Waals surface area contributed by atoms with E-state index in [0.29, 0.717) is 31.0 Å². The Bertz CT molecular complexity index is 885. The standard InChI is InChI=1S/C23H29FN4O3/c1-26(15-18-5-3-4-6-21(18)24)17-23(30)27(2)16-22(29)25-19-7-9-20(10-8-19)28-11-13-31-14-12-28/h3-10H,11-17H2,1-2H3,(H,25,29). The molecule has 31 heavy (non-hydrogen) atoms. The van der Waals surface area contributed by atoms with Gasteiger partial charge in [0.05, 0.1) is 26.3 Å². The van der Waals surface area contributed by atoms with Crippen LogP contribution < -0.4 is 10.2 Å². The Balaban J connectivity index is 1.44. The van der Waals surface area contributed by atoms with Gasteiger partial charge in [0, 0.05) is 43.6 Å². The summed E-state index contributed by atoms with van der Waals surface area (Å²) in [5.74, 6) is -0.780. The fraction of sp³-hybridized carbons (Fsp3) is 0.391. The van der Waals surface area contributed by atoms with Crippen molar-refractivity contribution in [1.29, 1.82) is 0 Å². The Morgan fingerprint density at radius 2 is 1.71 bits per heavy atom. The maximum absolute atomic E-state index is 13.8. The lowest BCUT2D eigenvalue weighted by Crippen LogP contribution is -2.40. The van der Waals surface area contributed by atoms with E-state index in [9.17, 15) is 14.0 Å². The molecule has 0 atom stereocenters. The van der Waals surface area contributed by atoms with Crippen LogP contribution in [0.5, 0.6) is 0 Å². The SMILES string of the molecule is CN(CC(=O)N(C)CC(=O)Nc1ccc(N2CCOCC2)cc1)Cc1ccccc1F. The van der Waals surface area contributed by atoms with Crippen LogP contribution in [0.25, 0.3) is 0 Å². The molecule has 0 aromatic heterocycles. The van der Waals surface area contributed by atoms with Crippen LogP contribution >= 0.6 is 0 Å². The molecular formula is C23H29FN4O3. The van der Waals surface area contributed by atoms with Crippen LogP contribution in [-0.2, 0) is 20.9 Å². The Morgan fingerprint density at radius 3 is 2.39 bits per heavy atom. The van der Waals surface area contributed by atoms with Gasteiger partial charge in [-0.1, -0.05) is 18.2 Å². The predicted molar refractivity (Wildman–Crippen MR) is 118 cm³/mol.